The molecule has 0 radical (unpaired) electrons. The molecule has 0 aliphatic carbocycles. The van der Waals surface area contributed by atoms with E-state index in [1.54, 1.807) is 16.9 Å². The van der Waals surface area contributed by atoms with E-state index in [2.05, 4.69) is 10.1 Å². The Kier molecular flexibility index (Phi) is 3.27. The van der Waals surface area contributed by atoms with Crippen molar-refractivity contribution in [3.63, 3.8) is 0 Å². The van der Waals surface area contributed by atoms with Gasteiger partial charge in [0.15, 0.2) is 0 Å². The fraction of sp³-hybridized carbons (Fsp3) is 0.0526. The van der Waals surface area contributed by atoms with Crippen LogP contribution in [0.1, 0.15) is 0 Å². The van der Waals surface area contributed by atoms with E-state index in [4.69, 9.17) is 5.73 Å². The van der Waals surface area contributed by atoms with Crippen molar-refractivity contribution in [1.82, 2.24) is 14.8 Å². The number of aryl methyl sites for hydroxylation is 1. The van der Waals surface area contributed by atoms with Crippen molar-refractivity contribution < 1.29 is 4.39 Å². The van der Waals surface area contributed by atoms with Crippen molar-refractivity contribution in [2.45, 2.75) is 0 Å². The Hall–Kier alpha value is -3.21. The molecule has 0 aliphatic rings. The molecule has 0 bridgehead atoms. The minimum atomic E-state index is -0.263. The summed E-state index contributed by atoms with van der Waals surface area (Å²) in [4.78, 5) is 4.30. The number of pyridine rings is 1. The molecule has 4 aromatic rings. The van der Waals surface area contributed by atoms with Gasteiger partial charge >= 0.3 is 0 Å². The van der Waals surface area contributed by atoms with Crippen LogP contribution in [-0.2, 0) is 7.05 Å². The molecule has 0 atom stereocenters. The number of fused-ring (bicyclic) bond motifs is 1. The van der Waals surface area contributed by atoms with Crippen LogP contribution in [0.2, 0.25) is 0 Å². The zero-order chi connectivity index (χ0) is 16.7. The molecule has 4 rings (SSSR count). The second kappa shape index (κ2) is 5.45. The lowest BCUT2D eigenvalue weighted by Crippen LogP contribution is -1.95. The van der Waals surface area contributed by atoms with Crippen LogP contribution >= 0.6 is 0 Å². The van der Waals surface area contributed by atoms with Crippen molar-refractivity contribution in [2.24, 2.45) is 7.05 Å². The quantitative estimate of drug-likeness (QED) is 0.607. The number of rotatable bonds is 2. The first kappa shape index (κ1) is 14.4. The summed E-state index contributed by atoms with van der Waals surface area (Å²) in [5.41, 5.74) is 9.54. The highest BCUT2D eigenvalue weighted by Crippen LogP contribution is 2.33. The van der Waals surface area contributed by atoms with E-state index in [0.717, 1.165) is 33.2 Å². The third-order valence-electron chi connectivity index (χ3n) is 4.07. The molecule has 0 unspecified atom stereocenters. The maximum absolute atomic E-state index is 13.5. The highest BCUT2D eigenvalue weighted by molar-refractivity contribution is 6.02. The summed E-state index contributed by atoms with van der Waals surface area (Å²) in [6.45, 7) is 0. The van der Waals surface area contributed by atoms with Gasteiger partial charge in [-0.2, -0.15) is 5.10 Å². The standard InChI is InChI=1S/C19H15FN4/c1-24-8-7-18(23-24)17-11-22-19(21)16-10-13(5-6-15(16)17)12-3-2-4-14(20)9-12/h2-11H,1H3,(H2,21,22). The molecule has 0 saturated heterocycles. The monoisotopic (exact) mass is 318 g/mol. The van der Waals surface area contributed by atoms with E-state index in [0.29, 0.717) is 5.82 Å². The van der Waals surface area contributed by atoms with Crippen molar-refractivity contribution in [3.05, 3.63) is 66.7 Å². The molecule has 2 aromatic heterocycles. The predicted molar refractivity (Wildman–Crippen MR) is 93.8 cm³/mol. The zero-order valence-corrected chi connectivity index (χ0v) is 13.1. The zero-order valence-electron chi connectivity index (χ0n) is 13.1. The van der Waals surface area contributed by atoms with Crippen LogP contribution in [-0.4, -0.2) is 14.8 Å². The van der Waals surface area contributed by atoms with Gasteiger partial charge in [0, 0.05) is 30.4 Å². The Balaban J connectivity index is 1.93. The second-order valence-electron chi connectivity index (χ2n) is 5.70. The summed E-state index contributed by atoms with van der Waals surface area (Å²) in [5, 5.41) is 6.25. The van der Waals surface area contributed by atoms with Gasteiger partial charge in [0.25, 0.3) is 0 Å². The minimum absolute atomic E-state index is 0.263. The fourth-order valence-corrected chi connectivity index (χ4v) is 2.87. The molecular formula is C19H15FN4. The third kappa shape index (κ3) is 2.40. The lowest BCUT2D eigenvalue weighted by Gasteiger charge is -2.09. The van der Waals surface area contributed by atoms with Crippen LogP contribution in [0.3, 0.4) is 0 Å². The van der Waals surface area contributed by atoms with Crippen molar-refractivity contribution in [2.75, 3.05) is 5.73 Å². The number of hydrogen-bond acceptors (Lipinski definition) is 3. The molecule has 0 aliphatic heterocycles. The Morgan fingerprint density at radius 1 is 1.00 bits per heavy atom. The van der Waals surface area contributed by atoms with Crippen molar-refractivity contribution in [3.8, 4) is 22.4 Å². The minimum Gasteiger partial charge on any atom is -0.383 e. The normalized spacial score (nSPS) is 11.1. The number of hydrogen-bond donors (Lipinski definition) is 1. The number of nitrogens with two attached hydrogens (primary N) is 1. The molecule has 5 heteroatoms. The lowest BCUT2D eigenvalue weighted by molar-refractivity contribution is 0.628. The van der Waals surface area contributed by atoms with Gasteiger partial charge in [0.05, 0.1) is 5.69 Å². The molecule has 2 aromatic carbocycles. The average molecular weight is 318 g/mol. The molecule has 0 saturated carbocycles. The SMILES string of the molecule is Cn1ccc(-c2cnc(N)c3cc(-c4cccc(F)c4)ccc23)n1. The predicted octanol–water partition coefficient (Wildman–Crippen LogP) is 4.02. The second-order valence-corrected chi connectivity index (χ2v) is 5.70. The van der Waals surface area contributed by atoms with Crippen molar-refractivity contribution in [1.29, 1.82) is 0 Å². The van der Waals surface area contributed by atoms with Crippen LogP contribution in [0.5, 0.6) is 0 Å². The average Bonchev–Trinajstić information content (AvgIpc) is 3.01. The molecule has 0 spiro atoms. The van der Waals surface area contributed by atoms with Crippen LogP contribution in [0.4, 0.5) is 10.2 Å². The van der Waals surface area contributed by atoms with Gasteiger partial charge in [-0.3, -0.25) is 4.68 Å². The number of nitrogens with zero attached hydrogens (tertiary/aromatic N) is 3. The summed E-state index contributed by atoms with van der Waals surface area (Å²) in [7, 11) is 1.87. The maximum Gasteiger partial charge on any atom is 0.131 e. The largest absolute Gasteiger partial charge is 0.383 e. The van der Waals surface area contributed by atoms with Crippen LogP contribution in [0.25, 0.3) is 33.2 Å². The lowest BCUT2D eigenvalue weighted by atomic mass is 9.98. The summed E-state index contributed by atoms with van der Waals surface area (Å²) >= 11 is 0. The van der Waals surface area contributed by atoms with Gasteiger partial charge in [0.1, 0.15) is 11.6 Å². The van der Waals surface area contributed by atoms with Crippen molar-refractivity contribution >= 4 is 16.6 Å². The van der Waals surface area contributed by atoms with Gasteiger partial charge in [-0.1, -0.05) is 24.3 Å². The highest BCUT2D eigenvalue weighted by Gasteiger charge is 2.11. The molecular weight excluding hydrogens is 303 g/mol. The summed E-state index contributed by atoms with van der Waals surface area (Å²) < 4.78 is 15.2. The van der Waals surface area contributed by atoms with E-state index in [1.165, 1.54) is 12.1 Å². The maximum atomic E-state index is 13.5. The Bertz CT molecular complexity index is 1050. The van der Waals surface area contributed by atoms with E-state index in [9.17, 15) is 4.39 Å². The first-order valence-corrected chi connectivity index (χ1v) is 7.56. The van der Waals surface area contributed by atoms with E-state index >= 15 is 0 Å². The number of benzene rings is 2. The Morgan fingerprint density at radius 2 is 1.83 bits per heavy atom. The van der Waals surface area contributed by atoms with Gasteiger partial charge < -0.3 is 5.73 Å². The molecule has 0 amide bonds. The summed E-state index contributed by atoms with van der Waals surface area (Å²) in [6.07, 6.45) is 3.63. The van der Waals surface area contributed by atoms with Crippen LogP contribution < -0.4 is 5.73 Å². The first-order valence-electron chi connectivity index (χ1n) is 7.56. The van der Waals surface area contributed by atoms with Crippen LogP contribution in [0.15, 0.2) is 60.9 Å². The number of aromatic nitrogens is 3. The van der Waals surface area contributed by atoms with E-state index in [-0.39, 0.29) is 5.82 Å². The van der Waals surface area contributed by atoms with E-state index in [1.807, 2.05) is 43.6 Å². The molecule has 118 valence electrons. The highest BCUT2D eigenvalue weighted by atomic mass is 19.1. The smallest absolute Gasteiger partial charge is 0.131 e. The topological polar surface area (TPSA) is 56.7 Å². The molecule has 4 nitrogen and oxygen atoms in total. The molecule has 2 heterocycles. The Morgan fingerprint density at radius 3 is 2.58 bits per heavy atom. The van der Waals surface area contributed by atoms with Crippen LogP contribution in [0, 0.1) is 5.82 Å². The van der Waals surface area contributed by atoms with Gasteiger partial charge in [-0.05, 0) is 40.8 Å². The first-order chi connectivity index (χ1) is 11.6. The van der Waals surface area contributed by atoms with Gasteiger partial charge in [-0.15, -0.1) is 0 Å². The molecule has 0 fully saturated rings. The molecule has 24 heavy (non-hydrogen) atoms. The molecule has 2 N–H and O–H groups in total. The summed E-state index contributed by atoms with van der Waals surface area (Å²) in [5.74, 6) is 0.184. The third-order valence-corrected chi connectivity index (χ3v) is 4.07. The van der Waals surface area contributed by atoms with Gasteiger partial charge in [-0.25, -0.2) is 9.37 Å². The number of halogens is 1. The Labute approximate surface area is 138 Å². The van der Waals surface area contributed by atoms with E-state index < -0.39 is 0 Å². The summed E-state index contributed by atoms with van der Waals surface area (Å²) in [6, 6.07) is 14.3. The fourth-order valence-electron chi connectivity index (χ4n) is 2.87. The van der Waals surface area contributed by atoms with Gasteiger partial charge in [0.2, 0.25) is 0 Å². The number of anilines is 1. The number of nitrogen functional groups attached to an aromatic ring is 1.